The molecule has 0 bridgehead atoms. The summed E-state index contributed by atoms with van der Waals surface area (Å²) in [6.07, 6.45) is 3.86. The SMILES string of the molecule is CC(C)c1ccnc(-c2[c-]ccc3c2sc2ccc(-c4cccc(-c5ccccc5)c4)cc23)c1.[2H]C([2H])([2H])c1c[c-]c(-c2ccc([Si](C)(C)C)cn2)cc1-c1ccccc1.[Ir]. The van der Waals surface area contributed by atoms with Gasteiger partial charge in [0, 0.05) is 41.3 Å². The summed E-state index contributed by atoms with van der Waals surface area (Å²) in [6.45, 7) is 9.11. The number of aromatic nitrogens is 2. The fraction of sp³-hybridized carbons (Fsp3) is 0.132. The van der Waals surface area contributed by atoms with E-state index in [0.29, 0.717) is 17.0 Å². The second-order valence-electron chi connectivity index (χ2n) is 15.7. The van der Waals surface area contributed by atoms with E-state index in [1.165, 1.54) is 53.2 Å². The third-order valence-electron chi connectivity index (χ3n) is 10.4. The third kappa shape index (κ3) is 8.89. The van der Waals surface area contributed by atoms with Crippen molar-refractivity contribution < 1.29 is 24.2 Å². The Balaban J connectivity index is 0.000000188. The number of hydrogen-bond donors (Lipinski definition) is 0. The molecular formula is C53H46IrN2SSi-2. The molecule has 0 atom stereocenters. The fourth-order valence-corrected chi connectivity index (χ4v) is 9.28. The van der Waals surface area contributed by atoms with Gasteiger partial charge in [-0.25, -0.2) is 0 Å². The molecule has 3 aromatic heterocycles. The minimum atomic E-state index is -2.19. The molecule has 0 amide bonds. The zero-order chi connectivity index (χ0) is 42.0. The van der Waals surface area contributed by atoms with Gasteiger partial charge in [0.25, 0.3) is 0 Å². The average Bonchev–Trinajstić information content (AvgIpc) is 3.65. The van der Waals surface area contributed by atoms with Crippen LogP contribution < -0.4 is 5.19 Å². The standard InChI is InChI=1S/C32H24NS.C21H22NSi.Ir/c1-21(2)23-16-17-33-30(20-23)28-13-7-12-27-29-19-26(14-15-31(29)34-32(27)28)25-11-6-10-24(18-25)22-8-4-3-5-9-22;1-16-10-11-18(14-20(16)17-8-6-5-7-9-17)21-13-12-19(15-22-21)23(2,3)4;/h3-12,14-21H,1-2H3;5-10,12-15H,1-4H3;/q2*-1;/i;1D3;. The van der Waals surface area contributed by atoms with Crippen LogP contribution in [-0.4, -0.2) is 18.0 Å². The molecule has 9 rings (SSSR count). The minimum absolute atomic E-state index is 0. The van der Waals surface area contributed by atoms with Crippen molar-refractivity contribution in [2.45, 2.75) is 46.3 Å². The predicted octanol–water partition coefficient (Wildman–Crippen LogP) is 14.4. The van der Waals surface area contributed by atoms with Crippen LogP contribution in [-0.2, 0) is 20.1 Å². The molecule has 5 heteroatoms. The molecule has 0 N–H and O–H groups in total. The van der Waals surface area contributed by atoms with Crippen LogP contribution in [0.25, 0.3) is 76.1 Å². The van der Waals surface area contributed by atoms with Gasteiger partial charge >= 0.3 is 0 Å². The average molecular weight is 966 g/mol. The van der Waals surface area contributed by atoms with E-state index in [-0.39, 0.29) is 20.1 Å². The second-order valence-corrected chi connectivity index (χ2v) is 21.8. The maximum Gasteiger partial charge on any atom is 0.0795 e. The van der Waals surface area contributed by atoms with Gasteiger partial charge in [0.2, 0.25) is 0 Å². The van der Waals surface area contributed by atoms with E-state index in [1.54, 1.807) is 6.07 Å². The number of pyridine rings is 2. The first kappa shape index (κ1) is 37.0. The van der Waals surface area contributed by atoms with E-state index in [2.05, 4.69) is 148 Å². The van der Waals surface area contributed by atoms with Crippen molar-refractivity contribution in [2.24, 2.45) is 0 Å². The number of rotatable bonds is 7. The molecule has 1 radical (unpaired) electrons. The van der Waals surface area contributed by atoms with Crippen LogP contribution in [0.5, 0.6) is 0 Å². The summed E-state index contributed by atoms with van der Waals surface area (Å²) in [5, 5.41) is 3.85. The molecular weight excluding hydrogens is 917 g/mol. The first-order valence-electron chi connectivity index (χ1n) is 20.9. The monoisotopic (exact) mass is 966 g/mol. The van der Waals surface area contributed by atoms with Crippen LogP contribution in [0.1, 0.15) is 35.0 Å². The van der Waals surface area contributed by atoms with Gasteiger partial charge in [-0.2, -0.15) is 11.3 Å². The Morgan fingerprint density at radius 2 is 1.34 bits per heavy atom. The Kier molecular flexibility index (Phi) is 11.3. The van der Waals surface area contributed by atoms with Crippen LogP contribution in [0, 0.1) is 19.0 Å². The van der Waals surface area contributed by atoms with E-state index in [1.807, 2.05) is 72.3 Å². The first-order valence-corrected chi connectivity index (χ1v) is 23.7. The Labute approximate surface area is 366 Å². The second kappa shape index (κ2) is 17.7. The molecule has 58 heavy (non-hydrogen) atoms. The Hall–Kier alpha value is -5.29. The van der Waals surface area contributed by atoms with Gasteiger partial charge in [-0.05, 0) is 84.7 Å². The smallest absolute Gasteiger partial charge is 0.0795 e. The number of aryl methyl sites for hydroxylation is 1. The van der Waals surface area contributed by atoms with Crippen LogP contribution in [0.3, 0.4) is 0 Å². The largest absolute Gasteiger partial charge is 0.305 e. The van der Waals surface area contributed by atoms with Crippen molar-refractivity contribution in [3.05, 3.63) is 187 Å². The van der Waals surface area contributed by atoms with Crippen molar-refractivity contribution in [2.75, 3.05) is 0 Å². The Bertz CT molecular complexity index is 2920. The molecule has 0 saturated carbocycles. The Morgan fingerprint density at radius 3 is 2.03 bits per heavy atom. The summed E-state index contributed by atoms with van der Waals surface area (Å²) >= 11 is 1.83. The summed E-state index contributed by atoms with van der Waals surface area (Å²) in [4.78, 5) is 9.30. The van der Waals surface area contributed by atoms with Gasteiger partial charge in [0.15, 0.2) is 0 Å². The van der Waals surface area contributed by atoms with Crippen LogP contribution in [0.15, 0.2) is 164 Å². The summed E-state index contributed by atoms with van der Waals surface area (Å²) in [5.41, 5.74) is 11.8. The van der Waals surface area contributed by atoms with E-state index in [4.69, 9.17) is 9.10 Å². The first-order chi connectivity index (χ1) is 28.8. The van der Waals surface area contributed by atoms with Gasteiger partial charge in [0.05, 0.1) is 8.07 Å². The molecule has 289 valence electrons. The zero-order valence-corrected chi connectivity index (χ0v) is 37.5. The zero-order valence-electron chi connectivity index (χ0n) is 36.3. The van der Waals surface area contributed by atoms with Crippen molar-refractivity contribution in [3.63, 3.8) is 0 Å². The van der Waals surface area contributed by atoms with E-state index in [9.17, 15) is 0 Å². The number of nitrogens with zero attached hydrogens (tertiary/aromatic N) is 2. The van der Waals surface area contributed by atoms with Gasteiger partial charge in [-0.1, -0.05) is 160 Å². The quantitative estimate of drug-likeness (QED) is 0.117. The molecule has 0 spiro atoms. The summed E-state index contributed by atoms with van der Waals surface area (Å²) < 4.78 is 26.1. The number of thiophene rings is 1. The van der Waals surface area contributed by atoms with Crippen molar-refractivity contribution in [1.82, 2.24) is 9.97 Å². The summed E-state index contributed by atoms with van der Waals surface area (Å²) in [7, 11) is -1.40. The van der Waals surface area contributed by atoms with Crippen LogP contribution in [0.4, 0.5) is 0 Å². The van der Waals surface area contributed by atoms with Gasteiger partial charge in [0.1, 0.15) is 0 Å². The fourth-order valence-electron chi connectivity index (χ4n) is 7.06. The maximum atomic E-state index is 7.84. The molecule has 9 aromatic rings. The van der Waals surface area contributed by atoms with Crippen LogP contribution in [0.2, 0.25) is 19.6 Å². The number of fused-ring (bicyclic) bond motifs is 3. The molecule has 0 saturated heterocycles. The van der Waals surface area contributed by atoms with Crippen molar-refractivity contribution in [1.29, 1.82) is 0 Å². The normalized spacial score (nSPS) is 12.3. The molecule has 0 fully saturated rings. The van der Waals surface area contributed by atoms with Gasteiger partial charge in [-0.3, -0.25) is 0 Å². The van der Waals surface area contributed by atoms with E-state index in [0.717, 1.165) is 28.1 Å². The molecule has 0 aliphatic carbocycles. The van der Waals surface area contributed by atoms with Crippen molar-refractivity contribution >= 4 is 44.8 Å². The Morgan fingerprint density at radius 1 is 0.638 bits per heavy atom. The van der Waals surface area contributed by atoms with Gasteiger partial charge < -0.3 is 9.97 Å². The molecule has 6 aromatic carbocycles. The summed E-state index contributed by atoms with van der Waals surface area (Å²) in [6, 6.07) is 58.5. The topological polar surface area (TPSA) is 25.8 Å². The molecule has 3 heterocycles. The molecule has 2 nitrogen and oxygen atoms in total. The van der Waals surface area contributed by atoms with Crippen LogP contribution >= 0.6 is 11.3 Å². The number of benzene rings is 6. The molecule has 0 aliphatic heterocycles. The predicted molar refractivity (Wildman–Crippen MR) is 248 cm³/mol. The molecule has 0 unspecified atom stereocenters. The summed E-state index contributed by atoms with van der Waals surface area (Å²) in [5.74, 6) is 0.470. The maximum absolute atomic E-state index is 7.84. The molecule has 0 aliphatic rings. The number of hydrogen-bond acceptors (Lipinski definition) is 3. The van der Waals surface area contributed by atoms with E-state index < -0.39 is 14.9 Å². The minimum Gasteiger partial charge on any atom is -0.305 e. The van der Waals surface area contributed by atoms with Crippen molar-refractivity contribution in [3.8, 4) is 55.9 Å². The van der Waals surface area contributed by atoms with E-state index >= 15 is 0 Å². The van der Waals surface area contributed by atoms with Gasteiger partial charge in [-0.15, -0.1) is 53.1 Å². The third-order valence-corrected chi connectivity index (χ3v) is 13.6.